The van der Waals surface area contributed by atoms with Crippen LogP contribution in [-0.2, 0) is 33.0 Å². The Balaban J connectivity index is 1.58. The van der Waals surface area contributed by atoms with Crippen molar-refractivity contribution in [2.75, 3.05) is 18.5 Å². The third-order valence-corrected chi connectivity index (χ3v) is 7.42. The van der Waals surface area contributed by atoms with Crippen LogP contribution in [0.1, 0.15) is 47.1 Å². The second-order valence-electron chi connectivity index (χ2n) is 9.86. The van der Waals surface area contributed by atoms with Gasteiger partial charge in [0.05, 0.1) is 17.9 Å². The van der Waals surface area contributed by atoms with Crippen molar-refractivity contribution in [2.24, 2.45) is 17.8 Å². The van der Waals surface area contributed by atoms with Crippen molar-refractivity contribution in [2.45, 2.75) is 45.8 Å². The molecule has 0 saturated carbocycles. The molecule has 0 aliphatic carbocycles. The number of rotatable bonds is 6. The molecule has 0 spiro atoms. The highest BCUT2D eigenvalue weighted by Crippen LogP contribution is 2.36. The van der Waals surface area contributed by atoms with Gasteiger partial charge in [0.25, 0.3) is 11.5 Å². The fraction of sp³-hybridized carbons (Fsp3) is 0.357. The zero-order valence-electron chi connectivity index (χ0n) is 22.3. The van der Waals surface area contributed by atoms with Crippen LogP contribution < -0.4 is 21.5 Å². The number of aliphatic hydroxyl groups excluding tert-OH is 1. The molecule has 11 heteroatoms. The van der Waals surface area contributed by atoms with Crippen LogP contribution in [0.15, 0.2) is 46.1 Å². The van der Waals surface area contributed by atoms with Gasteiger partial charge in [-0.25, -0.2) is 14.4 Å². The number of hydrogen-bond donors (Lipinski definition) is 3. The SMILES string of the molecule is CN/C(C)=C\C(N)=Nc1cc(-c2ccnc(N3CCc4c(c(F)c5n4CCCC5)C3=O)c2CO)cn(C)c1=O. The highest BCUT2D eigenvalue weighted by atomic mass is 19.1. The summed E-state index contributed by atoms with van der Waals surface area (Å²) in [5.74, 6) is -0.483. The number of carbonyl (C=O) groups excluding carboxylic acids is 1. The van der Waals surface area contributed by atoms with Crippen LogP contribution in [0.4, 0.5) is 15.9 Å². The first kappa shape index (κ1) is 26.4. The van der Waals surface area contributed by atoms with E-state index in [1.807, 2.05) is 11.5 Å². The number of aryl methyl sites for hydroxylation is 1. The van der Waals surface area contributed by atoms with Crippen molar-refractivity contribution >= 4 is 23.2 Å². The molecular weight excluding hydrogens is 501 g/mol. The number of hydrogen-bond acceptors (Lipinski definition) is 6. The van der Waals surface area contributed by atoms with Crippen molar-refractivity contribution in [3.8, 4) is 11.1 Å². The van der Waals surface area contributed by atoms with Gasteiger partial charge < -0.3 is 25.3 Å². The van der Waals surface area contributed by atoms with Gasteiger partial charge in [0.15, 0.2) is 5.82 Å². The van der Waals surface area contributed by atoms with Crippen LogP contribution in [0.25, 0.3) is 11.1 Å². The van der Waals surface area contributed by atoms with E-state index in [4.69, 9.17) is 5.73 Å². The summed E-state index contributed by atoms with van der Waals surface area (Å²) in [6.07, 6.45) is 7.76. The van der Waals surface area contributed by atoms with Crippen molar-refractivity contribution in [1.82, 2.24) is 19.4 Å². The minimum absolute atomic E-state index is 0.105. The summed E-state index contributed by atoms with van der Waals surface area (Å²) in [6, 6.07) is 3.29. The summed E-state index contributed by atoms with van der Waals surface area (Å²) in [6.45, 7) is 2.44. The average Bonchev–Trinajstić information content (AvgIpc) is 3.23. The molecule has 0 radical (unpaired) electrons. The van der Waals surface area contributed by atoms with E-state index in [0.29, 0.717) is 41.8 Å². The summed E-state index contributed by atoms with van der Waals surface area (Å²) >= 11 is 0. The number of nitrogens with zero attached hydrogens (tertiary/aromatic N) is 5. The molecule has 5 rings (SSSR count). The van der Waals surface area contributed by atoms with Gasteiger partial charge in [-0.1, -0.05) is 0 Å². The third kappa shape index (κ3) is 4.63. The van der Waals surface area contributed by atoms with E-state index in [9.17, 15) is 14.7 Å². The van der Waals surface area contributed by atoms with Crippen LogP contribution in [0.5, 0.6) is 0 Å². The molecule has 204 valence electrons. The number of nitrogens with two attached hydrogens (primary N) is 1. The lowest BCUT2D eigenvalue weighted by Crippen LogP contribution is -2.39. The van der Waals surface area contributed by atoms with Gasteiger partial charge in [0.2, 0.25) is 0 Å². The molecule has 5 heterocycles. The molecule has 10 nitrogen and oxygen atoms in total. The van der Waals surface area contributed by atoms with E-state index < -0.39 is 18.3 Å². The third-order valence-electron chi connectivity index (χ3n) is 7.42. The number of pyridine rings is 2. The molecule has 1 amide bonds. The van der Waals surface area contributed by atoms with Crippen molar-refractivity contribution in [3.05, 3.63) is 75.0 Å². The van der Waals surface area contributed by atoms with Crippen LogP contribution in [0, 0.1) is 5.82 Å². The molecule has 4 N–H and O–H groups in total. The minimum atomic E-state index is -0.458. The average molecular weight is 534 g/mol. The summed E-state index contributed by atoms with van der Waals surface area (Å²) in [4.78, 5) is 36.6. The van der Waals surface area contributed by atoms with Crippen molar-refractivity contribution in [3.63, 3.8) is 0 Å². The van der Waals surface area contributed by atoms with Crippen LogP contribution in [-0.4, -0.2) is 44.6 Å². The number of aliphatic hydroxyl groups is 1. The first-order valence-corrected chi connectivity index (χ1v) is 13.0. The topological polar surface area (TPSA) is 131 Å². The Bertz CT molecular complexity index is 1580. The number of halogens is 1. The molecular formula is C28H32FN7O3. The number of aliphatic imine (C=N–C) groups is 1. The molecule has 0 fully saturated rings. The molecule has 3 aromatic rings. The maximum Gasteiger partial charge on any atom is 0.276 e. The molecule has 0 aromatic carbocycles. The first-order chi connectivity index (χ1) is 18.7. The van der Waals surface area contributed by atoms with E-state index in [1.165, 1.54) is 15.7 Å². The first-order valence-electron chi connectivity index (χ1n) is 13.0. The summed E-state index contributed by atoms with van der Waals surface area (Å²) in [5, 5.41) is 13.4. The number of carbonyl (C=O) groups is 1. The number of amidine groups is 1. The van der Waals surface area contributed by atoms with E-state index in [2.05, 4.69) is 15.3 Å². The Hall–Kier alpha value is -4.25. The highest BCUT2D eigenvalue weighted by molar-refractivity contribution is 6.08. The second kappa shape index (κ2) is 10.5. The van der Waals surface area contributed by atoms with Crippen LogP contribution in [0.2, 0.25) is 0 Å². The Labute approximate surface area is 225 Å². The summed E-state index contributed by atoms with van der Waals surface area (Å²) in [7, 11) is 3.35. The highest BCUT2D eigenvalue weighted by Gasteiger charge is 2.36. The van der Waals surface area contributed by atoms with Crippen molar-refractivity contribution < 1.29 is 14.3 Å². The van der Waals surface area contributed by atoms with Gasteiger partial charge in [-0.3, -0.25) is 14.5 Å². The molecule has 0 saturated heterocycles. The molecule has 2 aliphatic rings. The maximum absolute atomic E-state index is 15.4. The zero-order chi connectivity index (χ0) is 27.8. The predicted octanol–water partition coefficient (Wildman–Crippen LogP) is 2.53. The van der Waals surface area contributed by atoms with Gasteiger partial charge >= 0.3 is 0 Å². The Morgan fingerprint density at radius 2 is 2.05 bits per heavy atom. The van der Waals surface area contributed by atoms with Crippen LogP contribution >= 0.6 is 0 Å². The number of anilines is 1. The molecule has 0 atom stereocenters. The number of amides is 1. The van der Waals surface area contributed by atoms with Gasteiger partial charge in [0, 0.05) is 68.5 Å². The van der Waals surface area contributed by atoms with E-state index in [-0.39, 0.29) is 28.5 Å². The van der Waals surface area contributed by atoms with E-state index in [0.717, 1.165) is 30.8 Å². The predicted molar refractivity (Wildman–Crippen MR) is 148 cm³/mol. The van der Waals surface area contributed by atoms with Crippen molar-refractivity contribution in [1.29, 1.82) is 0 Å². The molecule has 3 aromatic heterocycles. The lowest BCUT2D eigenvalue weighted by molar-refractivity contribution is 0.0975. The minimum Gasteiger partial charge on any atom is -0.392 e. The number of nitrogens with one attached hydrogen (secondary N) is 1. The fourth-order valence-electron chi connectivity index (χ4n) is 5.43. The lowest BCUT2D eigenvalue weighted by atomic mass is 10.00. The standard InChI is InChI=1S/C28H32FN7O3/c1-16(31-2)12-23(30)33-20-13-17(14-34(3)27(20)38)18-7-9-32-26(19(18)15-37)36-11-8-21-24(28(36)39)25(29)22-6-4-5-10-35(21)22/h7,9,12-14,31,37H,4-6,8,10-11,15H2,1-3H3,(H2,30,33)/b16-12-. The smallest absolute Gasteiger partial charge is 0.276 e. The van der Waals surface area contributed by atoms with Gasteiger partial charge in [-0.05, 0) is 50.0 Å². The summed E-state index contributed by atoms with van der Waals surface area (Å²) in [5.41, 5.74) is 9.58. The van der Waals surface area contributed by atoms with E-state index >= 15 is 4.39 Å². The Morgan fingerprint density at radius 3 is 2.79 bits per heavy atom. The number of fused-ring (bicyclic) bond motifs is 3. The number of aromatic nitrogens is 3. The van der Waals surface area contributed by atoms with Gasteiger partial charge in [0.1, 0.15) is 17.3 Å². The normalized spacial score (nSPS) is 15.8. The summed E-state index contributed by atoms with van der Waals surface area (Å²) < 4.78 is 18.7. The largest absolute Gasteiger partial charge is 0.392 e. The lowest BCUT2D eigenvalue weighted by Gasteiger charge is -2.29. The van der Waals surface area contributed by atoms with E-state index in [1.54, 1.807) is 38.5 Å². The monoisotopic (exact) mass is 533 g/mol. The molecule has 0 bridgehead atoms. The fourth-order valence-corrected chi connectivity index (χ4v) is 5.43. The molecule has 2 aliphatic heterocycles. The zero-order valence-corrected chi connectivity index (χ0v) is 22.3. The van der Waals surface area contributed by atoms with Gasteiger partial charge in [-0.2, -0.15) is 0 Å². The second-order valence-corrected chi connectivity index (χ2v) is 9.86. The quantitative estimate of drug-likeness (QED) is 0.330. The van der Waals surface area contributed by atoms with Crippen LogP contribution in [0.3, 0.4) is 0 Å². The van der Waals surface area contributed by atoms with Gasteiger partial charge in [-0.15, -0.1) is 0 Å². The molecule has 0 unspecified atom stereocenters. The Kier molecular flexibility index (Phi) is 7.09. The molecule has 39 heavy (non-hydrogen) atoms. The Morgan fingerprint density at radius 1 is 1.26 bits per heavy atom. The number of allylic oxidation sites excluding steroid dienone is 1. The maximum atomic E-state index is 15.4.